The topological polar surface area (TPSA) is 36.4 Å². The normalized spacial score (nSPS) is 15.9. The van der Waals surface area contributed by atoms with Crippen molar-refractivity contribution in [2.75, 3.05) is 6.54 Å². The van der Waals surface area contributed by atoms with E-state index < -0.39 is 0 Å². The second-order valence-electron chi connectivity index (χ2n) is 3.96. The molecule has 86 valence electrons. The third-order valence-electron chi connectivity index (χ3n) is 2.56. The van der Waals surface area contributed by atoms with Gasteiger partial charge in [-0.15, -0.1) is 0 Å². The number of hydrazone groups is 1. The lowest BCUT2D eigenvalue weighted by Crippen LogP contribution is -2.33. The van der Waals surface area contributed by atoms with Crippen LogP contribution in [0.4, 0.5) is 0 Å². The van der Waals surface area contributed by atoms with E-state index >= 15 is 0 Å². The van der Waals surface area contributed by atoms with Crippen molar-refractivity contribution < 1.29 is 0 Å². The van der Waals surface area contributed by atoms with Crippen molar-refractivity contribution in [3.05, 3.63) is 0 Å². The quantitative estimate of drug-likeness (QED) is 0.440. The Kier molecular flexibility index (Phi) is 6.32. The van der Waals surface area contributed by atoms with Gasteiger partial charge in [-0.1, -0.05) is 19.8 Å². The monoisotopic (exact) mass is 227 g/mol. The number of nitrogens with zero attached hydrogens (tertiary/aromatic N) is 1. The molecule has 0 bridgehead atoms. The minimum atomic E-state index is 0.654. The third kappa shape index (κ3) is 5.72. The van der Waals surface area contributed by atoms with Gasteiger partial charge in [0.25, 0.3) is 0 Å². The molecule has 0 aliphatic heterocycles. The molecule has 0 heterocycles. The highest BCUT2D eigenvalue weighted by molar-refractivity contribution is 7.80. The molecule has 2 N–H and O–H groups in total. The van der Waals surface area contributed by atoms with E-state index in [0.29, 0.717) is 5.11 Å². The lowest BCUT2D eigenvalue weighted by Gasteiger charge is -2.13. The summed E-state index contributed by atoms with van der Waals surface area (Å²) in [6.45, 7) is 3.10. The van der Waals surface area contributed by atoms with E-state index in [1.807, 2.05) is 0 Å². The van der Waals surface area contributed by atoms with E-state index in [1.165, 1.54) is 31.4 Å². The molecule has 1 saturated carbocycles. The van der Waals surface area contributed by atoms with E-state index in [9.17, 15) is 0 Å². The van der Waals surface area contributed by atoms with E-state index in [1.54, 1.807) is 0 Å². The SMILES string of the molecule is CCCCNC(=S)NN=C1CCCCC1. The van der Waals surface area contributed by atoms with Crippen LogP contribution in [0.5, 0.6) is 0 Å². The van der Waals surface area contributed by atoms with Crippen molar-refractivity contribution in [2.24, 2.45) is 5.10 Å². The van der Waals surface area contributed by atoms with Gasteiger partial charge >= 0.3 is 0 Å². The standard InChI is InChI=1S/C11H21N3S/c1-2-3-9-12-11(15)14-13-10-7-5-4-6-8-10/h2-9H2,1H3,(H2,12,14,15). The Hall–Kier alpha value is -0.640. The van der Waals surface area contributed by atoms with Gasteiger partial charge in [0.2, 0.25) is 0 Å². The molecule has 0 amide bonds. The predicted molar refractivity (Wildman–Crippen MR) is 69.2 cm³/mol. The van der Waals surface area contributed by atoms with Crippen LogP contribution in [-0.2, 0) is 0 Å². The average Bonchev–Trinajstić information content (AvgIpc) is 2.28. The van der Waals surface area contributed by atoms with Crippen LogP contribution in [0.1, 0.15) is 51.9 Å². The van der Waals surface area contributed by atoms with Gasteiger partial charge in [-0.3, -0.25) is 5.43 Å². The Morgan fingerprint density at radius 3 is 2.73 bits per heavy atom. The number of hydrogen-bond donors (Lipinski definition) is 2. The van der Waals surface area contributed by atoms with E-state index in [2.05, 4.69) is 22.8 Å². The highest BCUT2D eigenvalue weighted by Gasteiger charge is 2.06. The molecule has 1 fully saturated rings. The van der Waals surface area contributed by atoms with Crippen molar-refractivity contribution in [1.29, 1.82) is 0 Å². The molecule has 0 spiro atoms. The number of unbranched alkanes of at least 4 members (excludes halogenated alkanes) is 1. The first kappa shape index (κ1) is 12.4. The minimum absolute atomic E-state index is 0.654. The van der Waals surface area contributed by atoms with E-state index in [-0.39, 0.29) is 0 Å². The van der Waals surface area contributed by atoms with Crippen molar-refractivity contribution in [1.82, 2.24) is 10.7 Å². The number of rotatable bonds is 4. The molecule has 0 aromatic carbocycles. The van der Waals surface area contributed by atoms with Crippen molar-refractivity contribution in [3.8, 4) is 0 Å². The lowest BCUT2D eigenvalue weighted by molar-refractivity contribution is 0.660. The van der Waals surface area contributed by atoms with Gasteiger partial charge in [0.15, 0.2) is 5.11 Å². The fourth-order valence-corrected chi connectivity index (χ4v) is 1.77. The van der Waals surface area contributed by atoms with E-state index in [4.69, 9.17) is 12.2 Å². The Morgan fingerprint density at radius 2 is 2.07 bits per heavy atom. The molecular weight excluding hydrogens is 206 g/mol. The molecule has 4 heteroatoms. The highest BCUT2D eigenvalue weighted by atomic mass is 32.1. The van der Waals surface area contributed by atoms with Crippen LogP contribution < -0.4 is 10.7 Å². The summed E-state index contributed by atoms with van der Waals surface area (Å²) in [7, 11) is 0. The Labute approximate surface area is 97.7 Å². The highest BCUT2D eigenvalue weighted by Crippen LogP contribution is 2.13. The maximum Gasteiger partial charge on any atom is 0.186 e. The maximum absolute atomic E-state index is 5.11. The molecule has 0 aromatic heterocycles. The van der Waals surface area contributed by atoms with Crippen LogP contribution in [0, 0.1) is 0 Å². The summed E-state index contributed by atoms with van der Waals surface area (Å²) in [6.07, 6.45) is 8.49. The first-order valence-corrected chi connectivity index (χ1v) is 6.33. The molecule has 1 rings (SSSR count). The number of nitrogens with one attached hydrogen (secondary N) is 2. The summed E-state index contributed by atoms with van der Waals surface area (Å²) in [5, 5.41) is 8.12. The molecule has 1 aliphatic rings. The summed E-state index contributed by atoms with van der Waals surface area (Å²) in [4.78, 5) is 0. The molecule has 0 unspecified atom stereocenters. The first-order chi connectivity index (χ1) is 7.33. The largest absolute Gasteiger partial charge is 0.361 e. The number of hydrogen-bond acceptors (Lipinski definition) is 2. The summed E-state index contributed by atoms with van der Waals surface area (Å²) >= 11 is 5.11. The second kappa shape index (κ2) is 7.63. The molecular formula is C11H21N3S. The summed E-state index contributed by atoms with van der Waals surface area (Å²) in [5.74, 6) is 0. The van der Waals surface area contributed by atoms with Crippen LogP contribution in [0.3, 0.4) is 0 Å². The molecule has 0 aromatic rings. The van der Waals surface area contributed by atoms with E-state index in [0.717, 1.165) is 25.8 Å². The zero-order valence-corrected chi connectivity index (χ0v) is 10.3. The number of thiocarbonyl (C=S) groups is 1. The van der Waals surface area contributed by atoms with Gasteiger partial charge in [0, 0.05) is 12.3 Å². The molecule has 15 heavy (non-hydrogen) atoms. The van der Waals surface area contributed by atoms with Crippen LogP contribution in [-0.4, -0.2) is 17.4 Å². The second-order valence-corrected chi connectivity index (χ2v) is 4.37. The molecule has 0 saturated heterocycles. The first-order valence-electron chi connectivity index (χ1n) is 5.92. The fraction of sp³-hybridized carbons (Fsp3) is 0.818. The zero-order chi connectivity index (χ0) is 10.9. The van der Waals surface area contributed by atoms with Crippen LogP contribution in [0.15, 0.2) is 5.10 Å². The Balaban J connectivity index is 2.14. The fourth-order valence-electron chi connectivity index (χ4n) is 1.62. The molecule has 0 atom stereocenters. The van der Waals surface area contributed by atoms with Gasteiger partial charge in [-0.25, -0.2) is 0 Å². The van der Waals surface area contributed by atoms with Crippen LogP contribution in [0.25, 0.3) is 0 Å². The maximum atomic E-state index is 5.11. The zero-order valence-electron chi connectivity index (χ0n) is 9.51. The van der Waals surface area contributed by atoms with Gasteiger partial charge < -0.3 is 5.32 Å². The Morgan fingerprint density at radius 1 is 1.33 bits per heavy atom. The van der Waals surface area contributed by atoms with Crippen LogP contribution >= 0.6 is 12.2 Å². The van der Waals surface area contributed by atoms with Gasteiger partial charge in [0.05, 0.1) is 0 Å². The molecule has 3 nitrogen and oxygen atoms in total. The summed E-state index contributed by atoms with van der Waals surface area (Å²) in [6, 6.07) is 0. The van der Waals surface area contributed by atoms with Gasteiger partial charge in [-0.2, -0.15) is 5.10 Å². The third-order valence-corrected chi connectivity index (χ3v) is 2.80. The van der Waals surface area contributed by atoms with Crippen LogP contribution in [0.2, 0.25) is 0 Å². The van der Waals surface area contributed by atoms with Crippen molar-refractivity contribution >= 4 is 23.0 Å². The Bertz CT molecular complexity index is 218. The minimum Gasteiger partial charge on any atom is -0.361 e. The smallest absolute Gasteiger partial charge is 0.186 e. The van der Waals surface area contributed by atoms with Crippen molar-refractivity contribution in [3.63, 3.8) is 0 Å². The predicted octanol–water partition coefficient (Wildman–Crippen LogP) is 2.57. The summed E-state index contributed by atoms with van der Waals surface area (Å²) < 4.78 is 0. The molecule has 1 aliphatic carbocycles. The lowest BCUT2D eigenvalue weighted by atomic mass is 9.99. The average molecular weight is 227 g/mol. The molecule has 0 radical (unpaired) electrons. The summed E-state index contributed by atoms with van der Waals surface area (Å²) in [5.41, 5.74) is 4.18. The van der Waals surface area contributed by atoms with Gasteiger partial charge in [-0.05, 0) is 44.3 Å². The van der Waals surface area contributed by atoms with Crippen molar-refractivity contribution in [2.45, 2.75) is 51.9 Å². The van der Waals surface area contributed by atoms with Gasteiger partial charge in [0.1, 0.15) is 0 Å².